The van der Waals surface area contributed by atoms with Gasteiger partial charge in [0.25, 0.3) is 0 Å². The van der Waals surface area contributed by atoms with Crippen molar-refractivity contribution in [3.63, 3.8) is 0 Å². The number of ether oxygens (including phenoxy) is 1. The largest absolute Gasteiger partial charge is 0.862 e. The van der Waals surface area contributed by atoms with Gasteiger partial charge in [-0.15, -0.1) is 0 Å². The van der Waals surface area contributed by atoms with Crippen LogP contribution >= 0.6 is 0 Å². The molecular weight excluding hydrogens is 310 g/mol. The molecular formula is C18H16NO5-. The first kappa shape index (κ1) is 17.2. The van der Waals surface area contributed by atoms with E-state index in [1.54, 1.807) is 12.1 Å². The van der Waals surface area contributed by atoms with Gasteiger partial charge < -0.3 is 14.9 Å². The van der Waals surface area contributed by atoms with E-state index in [1.807, 2.05) is 18.2 Å². The maximum atomic E-state index is 12.0. The molecule has 0 amide bonds. The van der Waals surface area contributed by atoms with Gasteiger partial charge in [-0.2, -0.15) is 0 Å². The molecule has 0 spiro atoms. The van der Waals surface area contributed by atoms with Crippen LogP contribution in [-0.2, 0) is 11.2 Å². The molecule has 2 aromatic carbocycles. The number of carboxylic acid groups (broad SMARTS) is 1. The third-order valence-corrected chi connectivity index (χ3v) is 3.18. The van der Waals surface area contributed by atoms with Gasteiger partial charge in [0.05, 0.1) is 5.56 Å². The van der Waals surface area contributed by atoms with Crippen LogP contribution in [0, 0.1) is 0 Å². The summed E-state index contributed by atoms with van der Waals surface area (Å²) in [6.07, 6.45) is 0.104. The van der Waals surface area contributed by atoms with E-state index in [0.717, 1.165) is 5.56 Å². The van der Waals surface area contributed by atoms with Crippen molar-refractivity contribution in [1.82, 2.24) is 0 Å². The normalized spacial score (nSPS) is 12.5. The van der Waals surface area contributed by atoms with Crippen molar-refractivity contribution < 1.29 is 24.5 Å². The molecule has 24 heavy (non-hydrogen) atoms. The van der Waals surface area contributed by atoms with E-state index in [-0.39, 0.29) is 17.7 Å². The van der Waals surface area contributed by atoms with E-state index in [4.69, 9.17) is 9.84 Å². The SMILES string of the molecule is C[C@@H](N=C([O-])Cc1ccccc1)C(=O)Oc1cccc(C(=O)O)c1. The number of carbonyl (C=O) groups excluding carboxylic acids is 1. The van der Waals surface area contributed by atoms with Gasteiger partial charge in [-0.3, -0.25) is 4.99 Å². The topological polar surface area (TPSA) is 99.0 Å². The summed E-state index contributed by atoms with van der Waals surface area (Å²) in [5.74, 6) is -2.18. The number of esters is 1. The number of rotatable bonds is 6. The molecule has 6 heteroatoms. The second kappa shape index (κ2) is 7.92. The molecule has 0 unspecified atom stereocenters. The molecule has 0 fully saturated rings. The Morgan fingerprint density at radius 2 is 1.88 bits per heavy atom. The molecule has 0 saturated heterocycles. The van der Waals surface area contributed by atoms with Crippen molar-refractivity contribution in [3.05, 3.63) is 65.7 Å². The highest BCUT2D eigenvalue weighted by Crippen LogP contribution is 2.14. The van der Waals surface area contributed by atoms with Crippen molar-refractivity contribution in [3.8, 4) is 5.75 Å². The van der Waals surface area contributed by atoms with Crippen molar-refractivity contribution in [2.24, 2.45) is 4.99 Å². The van der Waals surface area contributed by atoms with Crippen LogP contribution in [0.5, 0.6) is 5.75 Å². The number of aromatic carboxylic acids is 1. The number of hydrogen-bond acceptors (Lipinski definition) is 5. The Bertz CT molecular complexity index is 755. The lowest BCUT2D eigenvalue weighted by molar-refractivity contribution is -0.218. The molecule has 124 valence electrons. The lowest BCUT2D eigenvalue weighted by Crippen LogP contribution is -2.28. The minimum Gasteiger partial charge on any atom is -0.862 e. The fraction of sp³-hybridized carbons (Fsp3) is 0.167. The number of carbonyl (C=O) groups is 2. The van der Waals surface area contributed by atoms with E-state index in [0.29, 0.717) is 0 Å². The van der Waals surface area contributed by atoms with Crippen LogP contribution in [0.15, 0.2) is 59.6 Å². The van der Waals surface area contributed by atoms with Gasteiger partial charge >= 0.3 is 11.9 Å². The van der Waals surface area contributed by atoms with Gasteiger partial charge in [0.15, 0.2) is 0 Å². The summed E-state index contributed by atoms with van der Waals surface area (Å²) in [5.41, 5.74) is 0.811. The van der Waals surface area contributed by atoms with Crippen LogP contribution in [-0.4, -0.2) is 29.0 Å². The first-order valence-electron chi connectivity index (χ1n) is 7.28. The van der Waals surface area contributed by atoms with Gasteiger partial charge in [-0.25, -0.2) is 9.59 Å². The molecule has 6 nitrogen and oxygen atoms in total. The van der Waals surface area contributed by atoms with Gasteiger partial charge in [0.1, 0.15) is 11.8 Å². The second-order valence-corrected chi connectivity index (χ2v) is 5.12. The fourth-order valence-corrected chi connectivity index (χ4v) is 1.98. The molecule has 0 aliphatic carbocycles. The van der Waals surface area contributed by atoms with Crippen molar-refractivity contribution >= 4 is 17.8 Å². The quantitative estimate of drug-likeness (QED) is 0.377. The maximum Gasteiger partial charge on any atom is 0.335 e. The van der Waals surface area contributed by atoms with Crippen LogP contribution in [0.1, 0.15) is 22.8 Å². The van der Waals surface area contributed by atoms with Gasteiger partial charge in [0, 0.05) is 6.42 Å². The molecule has 0 bridgehead atoms. The van der Waals surface area contributed by atoms with Crippen molar-refractivity contribution in [2.45, 2.75) is 19.4 Å². The molecule has 1 N–H and O–H groups in total. The Morgan fingerprint density at radius 1 is 1.17 bits per heavy atom. The maximum absolute atomic E-state index is 12.0. The summed E-state index contributed by atoms with van der Waals surface area (Å²) >= 11 is 0. The third kappa shape index (κ3) is 4.95. The van der Waals surface area contributed by atoms with Gasteiger partial charge in [-0.05, 0) is 36.6 Å². The lowest BCUT2D eigenvalue weighted by Gasteiger charge is -2.14. The smallest absolute Gasteiger partial charge is 0.335 e. The minimum absolute atomic E-state index is 0.00467. The first-order valence-corrected chi connectivity index (χ1v) is 7.28. The number of hydrogen-bond donors (Lipinski definition) is 1. The number of aliphatic imine (C=N–C) groups is 1. The Morgan fingerprint density at radius 3 is 2.54 bits per heavy atom. The van der Waals surface area contributed by atoms with Crippen molar-refractivity contribution in [2.75, 3.05) is 0 Å². The molecule has 0 heterocycles. The summed E-state index contributed by atoms with van der Waals surface area (Å²) in [4.78, 5) is 26.7. The summed E-state index contributed by atoms with van der Waals surface area (Å²) < 4.78 is 5.07. The number of nitrogens with zero attached hydrogens (tertiary/aromatic N) is 1. The average molecular weight is 326 g/mol. The Hall–Kier alpha value is -3.15. The summed E-state index contributed by atoms with van der Waals surface area (Å²) in [5, 5.41) is 20.8. The van der Waals surface area contributed by atoms with Crippen LogP contribution in [0.4, 0.5) is 0 Å². The van der Waals surface area contributed by atoms with Gasteiger partial charge in [0.2, 0.25) is 0 Å². The van der Waals surface area contributed by atoms with E-state index >= 15 is 0 Å². The third-order valence-electron chi connectivity index (χ3n) is 3.18. The zero-order chi connectivity index (χ0) is 17.5. The summed E-state index contributed by atoms with van der Waals surface area (Å²) in [6.45, 7) is 1.45. The molecule has 2 aromatic rings. The molecule has 0 aromatic heterocycles. The highest BCUT2D eigenvalue weighted by Gasteiger charge is 2.15. The average Bonchev–Trinajstić information content (AvgIpc) is 2.55. The molecule has 1 atom stereocenters. The standard InChI is InChI=1S/C18H17NO5/c1-12(19-16(20)10-13-6-3-2-4-7-13)18(23)24-15-9-5-8-14(11-15)17(21)22/h2-9,11-12H,10H2,1H3,(H,19,20)(H,21,22)/p-1/t12-/m1/s1. The van der Waals surface area contributed by atoms with E-state index < -0.39 is 23.9 Å². The Kier molecular flexibility index (Phi) is 5.68. The van der Waals surface area contributed by atoms with Crippen LogP contribution in [0.3, 0.4) is 0 Å². The van der Waals surface area contributed by atoms with Crippen LogP contribution in [0.2, 0.25) is 0 Å². The predicted molar refractivity (Wildman–Crippen MR) is 86.1 cm³/mol. The molecule has 2 rings (SSSR count). The minimum atomic E-state index is -1.12. The van der Waals surface area contributed by atoms with E-state index in [1.165, 1.54) is 31.2 Å². The zero-order valence-corrected chi connectivity index (χ0v) is 13.0. The van der Waals surface area contributed by atoms with E-state index in [9.17, 15) is 14.7 Å². The second-order valence-electron chi connectivity index (χ2n) is 5.12. The summed E-state index contributed by atoms with van der Waals surface area (Å²) in [7, 11) is 0. The van der Waals surface area contributed by atoms with Gasteiger partial charge in [-0.1, -0.05) is 36.4 Å². The predicted octanol–water partition coefficient (Wildman–Crippen LogP) is 1.68. The highest BCUT2D eigenvalue weighted by atomic mass is 16.5. The number of benzene rings is 2. The highest BCUT2D eigenvalue weighted by molar-refractivity contribution is 5.88. The van der Waals surface area contributed by atoms with Crippen LogP contribution < -0.4 is 9.84 Å². The molecule has 0 radical (unpaired) electrons. The Labute approximate surface area is 139 Å². The monoisotopic (exact) mass is 326 g/mol. The molecule has 0 saturated carbocycles. The lowest BCUT2D eigenvalue weighted by atomic mass is 10.1. The first-order chi connectivity index (χ1) is 11.5. The van der Waals surface area contributed by atoms with Crippen LogP contribution in [0.25, 0.3) is 0 Å². The summed E-state index contributed by atoms with van der Waals surface area (Å²) in [6, 6.07) is 13.6. The van der Waals surface area contributed by atoms with E-state index in [2.05, 4.69) is 4.99 Å². The number of carboxylic acids is 1. The zero-order valence-electron chi connectivity index (χ0n) is 13.0. The Balaban J connectivity index is 2.00. The molecule has 0 aliphatic rings. The fourth-order valence-electron chi connectivity index (χ4n) is 1.98. The van der Waals surface area contributed by atoms with Crippen molar-refractivity contribution in [1.29, 1.82) is 0 Å². The molecule has 0 aliphatic heterocycles.